The molecule has 39 heavy (non-hydrogen) atoms. The summed E-state index contributed by atoms with van der Waals surface area (Å²) in [6, 6.07) is 23.6. The topological polar surface area (TPSA) is 0 Å². The highest BCUT2D eigenvalue weighted by molar-refractivity contribution is 6.86. The zero-order valence-corrected chi connectivity index (χ0v) is 27.2. The molecule has 0 fully saturated rings. The second-order valence-corrected chi connectivity index (χ2v) is 20.3. The van der Waals surface area contributed by atoms with Crippen molar-refractivity contribution in [2.45, 2.75) is 98.2 Å². The molecule has 0 aliphatic heterocycles. The van der Waals surface area contributed by atoms with E-state index in [0.29, 0.717) is 5.54 Å². The van der Waals surface area contributed by atoms with Gasteiger partial charge >= 0.3 is 0 Å². The lowest BCUT2D eigenvalue weighted by atomic mass is 9.82. The van der Waals surface area contributed by atoms with E-state index in [0.717, 1.165) is 6.42 Å². The molecule has 0 aromatic heterocycles. The Morgan fingerprint density at radius 1 is 0.641 bits per heavy atom. The van der Waals surface area contributed by atoms with Gasteiger partial charge in [-0.05, 0) is 78.8 Å². The molecule has 0 bridgehead atoms. The van der Waals surface area contributed by atoms with Crippen molar-refractivity contribution in [2.24, 2.45) is 5.41 Å². The summed E-state index contributed by atoms with van der Waals surface area (Å²) in [5.41, 5.74) is 14.0. The predicted octanol–water partition coefficient (Wildman–Crippen LogP) is 11.2. The van der Waals surface area contributed by atoms with Gasteiger partial charge < -0.3 is 0 Å². The van der Waals surface area contributed by atoms with Gasteiger partial charge in [-0.15, -0.1) is 0 Å². The summed E-state index contributed by atoms with van der Waals surface area (Å²) in [5, 5.41) is 1.69. The van der Waals surface area contributed by atoms with Gasteiger partial charge in [0.2, 0.25) is 0 Å². The molecule has 0 amide bonds. The second kappa shape index (κ2) is 9.20. The molecule has 0 saturated heterocycles. The lowest BCUT2D eigenvalue weighted by Gasteiger charge is -2.34. The van der Waals surface area contributed by atoms with E-state index >= 15 is 0 Å². The van der Waals surface area contributed by atoms with E-state index < -0.39 is 8.07 Å². The van der Waals surface area contributed by atoms with Gasteiger partial charge in [-0.2, -0.15) is 0 Å². The maximum absolute atomic E-state index is 2.64. The molecule has 1 heteroatoms. The fraction of sp³-hybridized carbons (Fsp3) is 0.421. The number of hydrogen-bond donors (Lipinski definition) is 0. The standard InChI is InChI=1S/C38H48Si/c1-36(2,3)26-17-19-29(21-26)39(10,11)35-32-22-27(37(4,5)6)18-20-30(32)34-31(25-15-13-12-14-16-25)23-28(24-33(34)35)38(7,8)9/h12-18,20-24,35H,19H2,1-11H3. The molecule has 1 unspecified atom stereocenters. The molecule has 0 radical (unpaired) electrons. The molecule has 2 aliphatic carbocycles. The predicted molar refractivity (Wildman–Crippen MR) is 174 cm³/mol. The lowest BCUT2D eigenvalue weighted by molar-refractivity contribution is 0.518. The fourth-order valence-electron chi connectivity index (χ4n) is 6.59. The van der Waals surface area contributed by atoms with Crippen LogP contribution >= 0.6 is 0 Å². The van der Waals surface area contributed by atoms with Crippen molar-refractivity contribution < 1.29 is 0 Å². The zero-order valence-electron chi connectivity index (χ0n) is 26.2. The van der Waals surface area contributed by atoms with Gasteiger partial charge in [0.05, 0.1) is 8.07 Å². The Labute approximate surface area is 239 Å². The van der Waals surface area contributed by atoms with Gasteiger partial charge in [-0.25, -0.2) is 0 Å². The van der Waals surface area contributed by atoms with Gasteiger partial charge in [-0.1, -0.05) is 147 Å². The quantitative estimate of drug-likeness (QED) is 0.294. The van der Waals surface area contributed by atoms with E-state index in [4.69, 9.17) is 0 Å². The van der Waals surface area contributed by atoms with E-state index in [9.17, 15) is 0 Å². The summed E-state index contributed by atoms with van der Waals surface area (Å²) < 4.78 is 0. The smallest absolute Gasteiger partial charge is 0.0771 e. The van der Waals surface area contributed by atoms with Crippen molar-refractivity contribution in [1.82, 2.24) is 0 Å². The SMILES string of the molecule is CC(C)(C)C1=CCC([Si](C)(C)C2c3cc(C(C)(C)C)ccc3-c3c(-c4ccccc4)cc(C(C)(C)C)cc32)=C1. The third kappa shape index (κ3) is 4.93. The summed E-state index contributed by atoms with van der Waals surface area (Å²) in [4.78, 5) is 0. The van der Waals surface area contributed by atoms with E-state index in [1.165, 1.54) is 39.0 Å². The molecule has 1 atom stereocenters. The average molecular weight is 533 g/mol. The van der Waals surface area contributed by atoms with Crippen molar-refractivity contribution in [2.75, 3.05) is 0 Å². The highest BCUT2D eigenvalue weighted by atomic mass is 28.3. The van der Waals surface area contributed by atoms with Crippen LogP contribution in [0.15, 0.2) is 83.6 Å². The molecule has 3 aromatic rings. The third-order valence-electron chi connectivity index (χ3n) is 9.22. The van der Waals surface area contributed by atoms with Gasteiger partial charge in [0.25, 0.3) is 0 Å². The fourth-order valence-corrected chi connectivity index (χ4v) is 10.1. The number of fused-ring (bicyclic) bond motifs is 3. The Morgan fingerprint density at radius 3 is 1.82 bits per heavy atom. The van der Waals surface area contributed by atoms with E-state index in [-0.39, 0.29) is 16.2 Å². The number of benzene rings is 3. The third-order valence-corrected chi connectivity index (χ3v) is 13.3. The van der Waals surface area contributed by atoms with E-state index in [1.54, 1.807) is 16.3 Å². The van der Waals surface area contributed by atoms with Crippen LogP contribution in [0.3, 0.4) is 0 Å². The van der Waals surface area contributed by atoms with Crippen LogP contribution in [0.1, 0.15) is 96.5 Å². The number of hydrogen-bond acceptors (Lipinski definition) is 0. The van der Waals surface area contributed by atoms with Crippen molar-refractivity contribution in [3.8, 4) is 22.3 Å². The van der Waals surface area contributed by atoms with Crippen molar-refractivity contribution in [3.63, 3.8) is 0 Å². The van der Waals surface area contributed by atoms with Crippen molar-refractivity contribution >= 4 is 8.07 Å². The molecule has 0 nitrogen and oxygen atoms in total. The molecular formula is C38H48Si. The monoisotopic (exact) mass is 532 g/mol. The maximum atomic E-state index is 2.64. The largest absolute Gasteiger partial charge is 0.0881 e. The Hall–Kier alpha value is -2.64. The van der Waals surface area contributed by atoms with Crippen molar-refractivity contribution in [3.05, 3.63) is 106 Å². The number of rotatable bonds is 3. The summed E-state index contributed by atoms with van der Waals surface area (Å²) in [6.07, 6.45) is 6.20. The summed E-state index contributed by atoms with van der Waals surface area (Å²) >= 11 is 0. The molecule has 2 aliphatic rings. The van der Waals surface area contributed by atoms with Crippen LogP contribution in [0.5, 0.6) is 0 Å². The molecule has 0 saturated carbocycles. The first-order chi connectivity index (χ1) is 18.0. The van der Waals surface area contributed by atoms with Crippen LogP contribution < -0.4 is 0 Å². The van der Waals surface area contributed by atoms with Crippen LogP contribution in [0, 0.1) is 5.41 Å². The molecule has 204 valence electrons. The van der Waals surface area contributed by atoms with Gasteiger partial charge in [0, 0.05) is 5.54 Å². The first-order valence-corrected chi connectivity index (χ1v) is 17.9. The zero-order chi connectivity index (χ0) is 28.5. The molecule has 0 heterocycles. The summed E-state index contributed by atoms with van der Waals surface area (Å²) in [7, 11) is -1.94. The lowest BCUT2D eigenvalue weighted by Crippen LogP contribution is -2.37. The summed E-state index contributed by atoms with van der Waals surface area (Å²) in [5.74, 6) is 0. The molecule has 0 spiro atoms. The number of allylic oxidation sites excluding steroid dienone is 4. The second-order valence-electron chi connectivity index (χ2n) is 15.6. The van der Waals surface area contributed by atoms with Crippen LogP contribution in [0.4, 0.5) is 0 Å². The highest BCUT2D eigenvalue weighted by Gasteiger charge is 2.45. The maximum Gasteiger partial charge on any atom is 0.0881 e. The Kier molecular flexibility index (Phi) is 6.58. The minimum Gasteiger partial charge on any atom is -0.0771 e. The molecule has 3 aromatic carbocycles. The molecule has 0 N–H and O–H groups in total. The van der Waals surface area contributed by atoms with Crippen LogP contribution in [0.25, 0.3) is 22.3 Å². The Morgan fingerprint density at radius 2 is 1.26 bits per heavy atom. The average Bonchev–Trinajstić information content (AvgIpc) is 3.47. The minimum atomic E-state index is -1.94. The van der Waals surface area contributed by atoms with Gasteiger partial charge in [-0.3, -0.25) is 0 Å². The highest BCUT2D eigenvalue weighted by Crippen LogP contribution is 2.56. The van der Waals surface area contributed by atoms with Gasteiger partial charge in [0.15, 0.2) is 0 Å². The molecule has 5 rings (SSSR count). The van der Waals surface area contributed by atoms with Crippen LogP contribution in [-0.4, -0.2) is 8.07 Å². The van der Waals surface area contributed by atoms with E-state index in [2.05, 4.69) is 148 Å². The summed E-state index contributed by atoms with van der Waals surface area (Å²) in [6.45, 7) is 26.5. The van der Waals surface area contributed by atoms with E-state index in [1.807, 2.05) is 0 Å². The van der Waals surface area contributed by atoms with Crippen LogP contribution in [-0.2, 0) is 10.8 Å². The minimum absolute atomic E-state index is 0.0771. The Balaban J connectivity index is 1.82. The molecular weight excluding hydrogens is 485 g/mol. The first-order valence-electron chi connectivity index (χ1n) is 14.8. The Bertz CT molecular complexity index is 1470. The first kappa shape index (κ1) is 27.9. The van der Waals surface area contributed by atoms with Crippen LogP contribution in [0.2, 0.25) is 13.1 Å². The van der Waals surface area contributed by atoms with Crippen molar-refractivity contribution in [1.29, 1.82) is 0 Å². The normalized spacial score (nSPS) is 17.6. The van der Waals surface area contributed by atoms with Gasteiger partial charge in [0.1, 0.15) is 0 Å².